The minimum atomic E-state index is -1.28. The highest BCUT2D eigenvalue weighted by Gasteiger charge is 2.56. The standard InChI is InChI=1S/C21H27NO3/c1-6-17-19(24)16-13-14(2)7-8-18(16)25-21(17,15(3)23)22-11-9-20(4,5)10-12-22/h6-8,13,17H,1,9-12H2,2-5H3. The first-order chi connectivity index (χ1) is 11.7. The first-order valence-electron chi connectivity index (χ1n) is 8.94. The fourth-order valence-electron chi connectivity index (χ4n) is 3.99. The number of rotatable bonds is 3. The Kier molecular flexibility index (Phi) is 4.36. The number of hydrogen-bond acceptors (Lipinski definition) is 4. The van der Waals surface area contributed by atoms with E-state index in [2.05, 4.69) is 20.4 Å². The second-order valence-corrected chi connectivity index (χ2v) is 8.08. The summed E-state index contributed by atoms with van der Waals surface area (Å²) in [6.07, 6.45) is 3.50. The van der Waals surface area contributed by atoms with Gasteiger partial charge < -0.3 is 4.74 Å². The number of fused-ring (bicyclic) bond motifs is 1. The first kappa shape index (κ1) is 17.9. The highest BCUT2D eigenvalue weighted by Crippen LogP contribution is 2.43. The van der Waals surface area contributed by atoms with Gasteiger partial charge in [-0.1, -0.05) is 31.6 Å². The van der Waals surface area contributed by atoms with Gasteiger partial charge >= 0.3 is 0 Å². The number of ketones is 2. The minimum Gasteiger partial charge on any atom is -0.463 e. The highest BCUT2D eigenvalue weighted by molar-refractivity contribution is 6.07. The Labute approximate surface area is 149 Å². The predicted octanol–water partition coefficient (Wildman–Crippen LogP) is 3.78. The van der Waals surface area contributed by atoms with E-state index in [9.17, 15) is 9.59 Å². The summed E-state index contributed by atoms with van der Waals surface area (Å²) in [5.74, 6) is -0.425. The number of aryl methyl sites for hydroxylation is 1. The second-order valence-electron chi connectivity index (χ2n) is 8.08. The van der Waals surface area contributed by atoms with Crippen LogP contribution in [0.4, 0.5) is 0 Å². The Hall–Kier alpha value is -1.94. The average Bonchev–Trinajstić information content (AvgIpc) is 2.55. The van der Waals surface area contributed by atoms with Gasteiger partial charge in [0.25, 0.3) is 0 Å². The van der Waals surface area contributed by atoms with Crippen LogP contribution in [0.1, 0.15) is 49.5 Å². The number of carbonyl (C=O) groups is 2. The van der Waals surface area contributed by atoms with Gasteiger partial charge in [-0.3, -0.25) is 14.5 Å². The Bertz CT molecular complexity index is 727. The number of hydrogen-bond donors (Lipinski definition) is 0. The predicted molar refractivity (Wildman–Crippen MR) is 97.8 cm³/mol. The number of ether oxygens (including phenoxy) is 1. The van der Waals surface area contributed by atoms with Gasteiger partial charge in [0.1, 0.15) is 11.7 Å². The number of carbonyl (C=O) groups excluding carboxylic acids is 2. The molecule has 4 nitrogen and oxygen atoms in total. The number of Topliss-reactive ketones (excluding diaryl/α,β-unsaturated/α-hetero) is 2. The van der Waals surface area contributed by atoms with Crippen LogP contribution >= 0.6 is 0 Å². The minimum absolute atomic E-state index is 0.0833. The van der Waals surface area contributed by atoms with Crippen molar-refractivity contribution in [2.75, 3.05) is 13.1 Å². The van der Waals surface area contributed by atoms with Crippen molar-refractivity contribution in [3.05, 3.63) is 42.0 Å². The third kappa shape index (κ3) is 2.82. The molecular formula is C21H27NO3. The molecule has 134 valence electrons. The van der Waals surface area contributed by atoms with Crippen molar-refractivity contribution in [3.8, 4) is 5.75 Å². The van der Waals surface area contributed by atoms with E-state index in [0.29, 0.717) is 11.3 Å². The van der Waals surface area contributed by atoms with E-state index in [-0.39, 0.29) is 17.0 Å². The summed E-state index contributed by atoms with van der Waals surface area (Å²) < 4.78 is 6.30. The van der Waals surface area contributed by atoms with Crippen molar-refractivity contribution in [1.82, 2.24) is 4.90 Å². The molecule has 0 aliphatic carbocycles. The normalized spacial score (nSPS) is 28.8. The summed E-state index contributed by atoms with van der Waals surface area (Å²) in [5.41, 5.74) is 0.497. The molecule has 4 heteroatoms. The molecule has 1 aromatic rings. The topological polar surface area (TPSA) is 46.6 Å². The molecule has 0 bridgehead atoms. The van der Waals surface area contributed by atoms with E-state index in [1.165, 1.54) is 6.92 Å². The third-order valence-corrected chi connectivity index (χ3v) is 5.70. The van der Waals surface area contributed by atoms with Crippen LogP contribution in [-0.2, 0) is 4.79 Å². The fourth-order valence-corrected chi connectivity index (χ4v) is 3.99. The van der Waals surface area contributed by atoms with Gasteiger partial charge in [0.2, 0.25) is 5.72 Å². The number of nitrogens with zero attached hydrogens (tertiary/aromatic N) is 1. The van der Waals surface area contributed by atoms with Crippen LogP contribution in [0, 0.1) is 18.3 Å². The highest BCUT2D eigenvalue weighted by atomic mass is 16.5. The van der Waals surface area contributed by atoms with Gasteiger partial charge in [-0.25, -0.2) is 0 Å². The maximum atomic E-state index is 13.2. The number of benzene rings is 1. The van der Waals surface area contributed by atoms with Crippen molar-refractivity contribution in [2.24, 2.45) is 11.3 Å². The molecule has 2 unspecified atom stereocenters. The molecule has 2 atom stereocenters. The van der Waals surface area contributed by atoms with E-state index in [1.807, 2.05) is 24.0 Å². The summed E-state index contributed by atoms with van der Waals surface area (Å²) in [7, 11) is 0. The van der Waals surface area contributed by atoms with Crippen LogP contribution in [0.3, 0.4) is 0 Å². The molecule has 3 rings (SSSR count). The van der Waals surface area contributed by atoms with Crippen molar-refractivity contribution < 1.29 is 14.3 Å². The van der Waals surface area contributed by atoms with E-state index >= 15 is 0 Å². The molecule has 1 fully saturated rings. The number of piperidine rings is 1. The Balaban J connectivity index is 2.09. The van der Waals surface area contributed by atoms with Gasteiger partial charge in [0, 0.05) is 20.0 Å². The smallest absolute Gasteiger partial charge is 0.235 e. The molecule has 1 aromatic carbocycles. The molecular weight excluding hydrogens is 314 g/mol. The maximum Gasteiger partial charge on any atom is 0.235 e. The molecule has 1 saturated heterocycles. The van der Waals surface area contributed by atoms with E-state index in [4.69, 9.17) is 4.74 Å². The lowest BCUT2D eigenvalue weighted by atomic mass is 9.77. The second kappa shape index (κ2) is 6.10. The number of likely N-dealkylation sites (tertiary alicyclic amines) is 1. The van der Waals surface area contributed by atoms with E-state index < -0.39 is 11.6 Å². The monoisotopic (exact) mass is 341 g/mol. The molecule has 0 amide bonds. The first-order valence-corrected chi connectivity index (χ1v) is 8.94. The summed E-state index contributed by atoms with van der Waals surface area (Å²) in [5, 5.41) is 0. The van der Waals surface area contributed by atoms with Crippen molar-refractivity contribution in [2.45, 2.75) is 46.3 Å². The maximum absolute atomic E-state index is 13.2. The molecule has 0 saturated carbocycles. The van der Waals surface area contributed by atoms with Crippen LogP contribution in [-0.4, -0.2) is 35.3 Å². The van der Waals surface area contributed by atoms with E-state index in [1.54, 1.807) is 12.1 Å². The van der Waals surface area contributed by atoms with Gasteiger partial charge in [-0.05, 0) is 37.3 Å². The van der Waals surface area contributed by atoms with Crippen molar-refractivity contribution in [3.63, 3.8) is 0 Å². The molecule has 0 radical (unpaired) electrons. The largest absolute Gasteiger partial charge is 0.463 e. The lowest BCUT2D eigenvalue weighted by Gasteiger charge is -2.51. The van der Waals surface area contributed by atoms with Crippen molar-refractivity contribution in [1.29, 1.82) is 0 Å². The zero-order chi connectivity index (χ0) is 18.4. The summed E-state index contributed by atoms with van der Waals surface area (Å²) in [6, 6.07) is 5.54. The Morgan fingerprint density at radius 1 is 1.32 bits per heavy atom. The van der Waals surface area contributed by atoms with Gasteiger partial charge in [0.05, 0.1) is 5.56 Å². The summed E-state index contributed by atoms with van der Waals surface area (Å²) >= 11 is 0. The molecule has 2 aliphatic rings. The zero-order valence-corrected chi connectivity index (χ0v) is 15.6. The molecule has 0 spiro atoms. The van der Waals surface area contributed by atoms with E-state index in [0.717, 1.165) is 31.5 Å². The van der Waals surface area contributed by atoms with Crippen LogP contribution in [0.15, 0.2) is 30.9 Å². The lowest BCUT2D eigenvalue weighted by molar-refractivity contribution is -0.164. The SMILES string of the molecule is C=CC1C(=O)c2cc(C)ccc2OC1(C(C)=O)N1CCC(C)(C)CC1. The molecule has 2 aliphatic heterocycles. The zero-order valence-electron chi connectivity index (χ0n) is 15.6. The lowest BCUT2D eigenvalue weighted by Crippen LogP contribution is -2.67. The Morgan fingerprint density at radius 3 is 2.52 bits per heavy atom. The van der Waals surface area contributed by atoms with Crippen LogP contribution in [0.25, 0.3) is 0 Å². The molecule has 0 aromatic heterocycles. The molecule has 2 heterocycles. The van der Waals surface area contributed by atoms with Gasteiger partial charge in [-0.2, -0.15) is 0 Å². The third-order valence-electron chi connectivity index (χ3n) is 5.70. The average molecular weight is 341 g/mol. The van der Waals surface area contributed by atoms with Gasteiger partial charge in [-0.15, -0.1) is 6.58 Å². The van der Waals surface area contributed by atoms with Crippen LogP contribution < -0.4 is 4.74 Å². The fraction of sp³-hybridized carbons (Fsp3) is 0.524. The summed E-state index contributed by atoms with van der Waals surface area (Å²) in [4.78, 5) is 28.0. The van der Waals surface area contributed by atoms with Crippen LogP contribution in [0.2, 0.25) is 0 Å². The Morgan fingerprint density at radius 2 is 1.96 bits per heavy atom. The van der Waals surface area contributed by atoms with Crippen molar-refractivity contribution >= 4 is 11.6 Å². The van der Waals surface area contributed by atoms with Crippen LogP contribution in [0.5, 0.6) is 5.75 Å². The molecule has 0 N–H and O–H groups in total. The van der Waals surface area contributed by atoms with Gasteiger partial charge in [0.15, 0.2) is 11.6 Å². The molecule has 25 heavy (non-hydrogen) atoms. The summed E-state index contributed by atoms with van der Waals surface area (Å²) in [6.45, 7) is 13.2. The quantitative estimate of drug-likeness (QED) is 0.785.